The van der Waals surface area contributed by atoms with Gasteiger partial charge in [-0.2, -0.15) is 4.98 Å². The fraction of sp³-hybridized carbons (Fsp3) is 0.667. The van der Waals surface area contributed by atoms with E-state index in [0.29, 0.717) is 30.8 Å². The molecule has 2 aliphatic rings. The van der Waals surface area contributed by atoms with E-state index in [9.17, 15) is 10.2 Å². The number of rotatable bonds is 2. The minimum absolute atomic E-state index is 0.121. The zero-order valence-electron chi connectivity index (χ0n) is 14.9. The van der Waals surface area contributed by atoms with Crippen LogP contribution in [0.15, 0.2) is 16.3 Å². The molecular formula is C15H24N8O2. The van der Waals surface area contributed by atoms with Crippen LogP contribution in [0, 0.1) is 0 Å². The van der Waals surface area contributed by atoms with Crippen LogP contribution in [-0.2, 0) is 0 Å². The SMILES string of the molecule is CC(O)c1ncnc(N2C[C@@H](C)N(C3=NC=NC(O)N3C)[C@@H](C)C2)n1. The molecule has 0 saturated carbocycles. The predicted molar refractivity (Wildman–Crippen MR) is 93.1 cm³/mol. The highest BCUT2D eigenvalue weighted by Gasteiger charge is 2.36. The van der Waals surface area contributed by atoms with Gasteiger partial charge in [-0.25, -0.2) is 20.0 Å². The third-order valence-electron chi connectivity index (χ3n) is 4.42. The molecule has 0 amide bonds. The molecule has 0 radical (unpaired) electrons. The number of piperazine rings is 1. The molecule has 2 unspecified atom stereocenters. The number of aliphatic hydroxyl groups is 2. The molecule has 136 valence electrons. The Bertz CT molecular complexity index is 667. The van der Waals surface area contributed by atoms with Crippen molar-refractivity contribution in [3.63, 3.8) is 0 Å². The Labute approximate surface area is 146 Å². The maximum atomic E-state index is 9.92. The highest BCUT2D eigenvalue weighted by atomic mass is 16.3. The molecule has 25 heavy (non-hydrogen) atoms. The van der Waals surface area contributed by atoms with Gasteiger partial charge < -0.3 is 24.9 Å². The summed E-state index contributed by atoms with van der Waals surface area (Å²) in [7, 11) is 1.77. The quantitative estimate of drug-likeness (QED) is 0.730. The van der Waals surface area contributed by atoms with E-state index < -0.39 is 12.5 Å². The first-order chi connectivity index (χ1) is 11.9. The summed E-state index contributed by atoms with van der Waals surface area (Å²) in [4.78, 5) is 26.7. The Balaban J connectivity index is 1.80. The number of guanidine groups is 1. The van der Waals surface area contributed by atoms with Crippen molar-refractivity contribution >= 4 is 18.2 Å². The summed E-state index contributed by atoms with van der Waals surface area (Å²) in [6.45, 7) is 7.19. The van der Waals surface area contributed by atoms with Crippen LogP contribution in [0.3, 0.4) is 0 Å². The summed E-state index contributed by atoms with van der Waals surface area (Å²) >= 11 is 0. The molecule has 0 aliphatic carbocycles. The lowest BCUT2D eigenvalue weighted by atomic mass is 10.1. The third kappa shape index (κ3) is 3.40. The second-order valence-corrected chi connectivity index (χ2v) is 6.48. The molecule has 2 aliphatic heterocycles. The highest BCUT2D eigenvalue weighted by molar-refractivity contribution is 5.89. The highest BCUT2D eigenvalue weighted by Crippen LogP contribution is 2.22. The molecule has 3 heterocycles. The average molecular weight is 348 g/mol. The minimum Gasteiger partial charge on any atom is -0.385 e. The maximum absolute atomic E-state index is 9.92. The van der Waals surface area contributed by atoms with Gasteiger partial charge in [-0.3, -0.25) is 0 Å². The predicted octanol–water partition coefficient (Wildman–Crippen LogP) is -0.570. The number of hydrogen-bond acceptors (Lipinski definition) is 10. The lowest BCUT2D eigenvalue weighted by molar-refractivity contribution is 0.0580. The number of aliphatic imine (C=N–C) groups is 2. The van der Waals surface area contributed by atoms with E-state index in [0.717, 1.165) is 0 Å². The summed E-state index contributed by atoms with van der Waals surface area (Å²) in [6.07, 6.45) is 1.18. The van der Waals surface area contributed by atoms with Gasteiger partial charge in [-0.1, -0.05) is 0 Å². The van der Waals surface area contributed by atoms with E-state index in [1.165, 1.54) is 12.7 Å². The number of aliphatic hydroxyl groups excluding tert-OH is 2. The molecule has 4 atom stereocenters. The first kappa shape index (κ1) is 17.5. The van der Waals surface area contributed by atoms with E-state index in [2.05, 4.69) is 48.6 Å². The number of aromatic nitrogens is 3. The molecule has 1 aromatic heterocycles. The summed E-state index contributed by atoms with van der Waals surface area (Å²) in [5, 5.41) is 19.6. The van der Waals surface area contributed by atoms with E-state index in [-0.39, 0.29) is 12.1 Å². The van der Waals surface area contributed by atoms with Crippen LogP contribution in [0.2, 0.25) is 0 Å². The summed E-state index contributed by atoms with van der Waals surface area (Å²) in [5.74, 6) is 1.62. The zero-order valence-corrected chi connectivity index (χ0v) is 14.9. The summed E-state index contributed by atoms with van der Waals surface area (Å²) < 4.78 is 0. The van der Waals surface area contributed by atoms with E-state index in [1.807, 2.05) is 0 Å². The van der Waals surface area contributed by atoms with Gasteiger partial charge in [0.25, 0.3) is 0 Å². The lowest BCUT2D eigenvalue weighted by Gasteiger charge is -2.48. The van der Waals surface area contributed by atoms with Gasteiger partial charge >= 0.3 is 0 Å². The van der Waals surface area contributed by atoms with Crippen LogP contribution in [0.4, 0.5) is 5.95 Å². The van der Waals surface area contributed by atoms with Crippen molar-refractivity contribution in [2.75, 3.05) is 25.0 Å². The number of hydrogen-bond donors (Lipinski definition) is 2. The van der Waals surface area contributed by atoms with E-state index in [4.69, 9.17) is 0 Å². The van der Waals surface area contributed by atoms with Gasteiger partial charge in [0.1, 0.15) is 18.8 Å². The van der Waals surface area contributed by atoms with Gasteiger partial charge in [0, 0.05) is 32.2 Å². The Kier molecular flexibility index (Phi) is 4.82. The van der Waals surface area contributed by atoms with Crippen molar-refractivity contribution in [1.82, 2.24) is 24.8 Å². The van der Waals surface area contributed by atoms with Crippen molar-refractivity contribution in [3.05, 3.63) is 12.2 Å². The van der Waals surface area contributed by atoms with E-state index in [1.54, 1.807) is 18.9 Å². The van der Waals surface area contributed by atoms with Crippen LogP contribution in [0.5, 0.6) is 0 Å². The molecule has 0 spiro atoms. The molecule has 1 fully saturated rings. The Morgan fingerprint density at radius 2 is 1.88 bits per heavy atom. The fourth-order valence-corrected chi connectivity index (χ4v) is 3.22. The molecule has 3 rings (SSSR count). The van der Waals surface area contributed by atoms with Gasteiger partial charge in [-0.05, 0) is 20.8 Å². The van der Waals surface area contributed by atoms with Crippen LogP contribution in [0.1, 0.15) is 32.7 Å². The van der Waals surface area contributed by atoms with Gasteiger partial charge in [0.2, 0.25) is 18.3 Å². The maximum Gasteiger partial charge on any atom is 0.229 e. The normalized spacial score (nSPS) is 28.2. The van der Waals surface area contributed by atoms with Crippen molar-refractivity contribution < 1.29 is 10.2 Å². The monoisotopic (exact) mass is 348 g/mol. The molecule has 1 saturated heterocycles. The largest absolute Gasteiger partial charge is 0.385 e. The molecular weight excluding hydrogens is 324 g/mol. The molecule has 2 N–H and O–H groups in total. The van der Waals surface area contributed by atoms with Crippen molar-refractivity contribution in [2.45, 2.75) is 45.3 Å². The topological polar surface area (TPSA) is 114 Å². The second kappa shape index (κ2) is 6.89. The Morgan fingerprint density at radius 1 is 1.20 bits per heavy atom. The first-order valence-corrected chi connectivity index (χ1v) is 8.29. The smallest absolute Gasteiger partial charge is 0.229 e. The number of anilines is 1. The van der Waals surface area contributed by atoms with Crippen LogP contribution in [-0.4, -0.2) is 85.8 Å². The summed E-state index contributed by atoms with van der Waals surface area (Å²) in [5.41, 5.74) is 0. The van der Waals surface area contributed by atoms with Crippen molar-refractivity contribution in [1.29, 1.82) is 0 Å². The zero-order chi connectivity index (χ0) is 18.1. The molecule has 10 nitrogen and oxygen atoms in total. The van der Waals surface area contributed by atoms with E-state index >= 15 is 0 Å². The Hall–Kier alpha value is -2.33. The van der Waals surface area contributed by atoms with Gasteiger partial charge in [-0.15, -0.1) is 0 Å². The van der Waals surface area contributed by atoms with Gasteiger partial charge in [0.15, 0.2) is 5.82 Å². The van der Waals surface area contributed by atoms with Crippen LogP contribution in [0.25, 0.3) is 0 Å². The third-order valence-corrected chi connectivity index (χ3v) is 4.42. The fourth-order valence-electron chi connectivity index (χ4n) is 3.22. The standard InChI is InChI=1S/C15H24N8O2/c1-9-5-22(13-17-7-16-12(20-13)11(3)24)6-10(2)23(9)14-18-8-19-15(25)21(14)4/h7-11,15,24-25H,5-6H2,1-4H3/t9-,10+,11?,15?. The molecule has 0 aromatic carbocycles. The molecule has 0 bridgehead atoms. The average Bonchev–Trinajstić information content (AvgIpc) is 2.58. The number of nitrogens with zero attached hydrogens (tertiary/aromatic N) is 8. The second-order valence-electron chi connectivity index (χ2n) is 6.48. The Morgan fingerprint density at radius 3 is 2.52 bits per heavy atom. The van der Waals surface area contributed by atoms with Gasteiger partial charge in [0.05, 0.1) is 0 Å². The van der Waals surface area contributed by atoms with Crippen molar-refractivity contribution in [3.8, 4) is 0 Å². The molecule has 1 aromatic rings. The minimum atomic E-state index is -0.915. The first-order valence-electron chi connectivity index (χ1n) is 8.29. The van der Waals surface area contributed by atoms with Crippen LogP contribution < -0.4 is 4.90 Å². The van der Waals surface area contributed by atoms with Crippen molar-refractivity contribution in [2.24, 2.45) is 9.98 Å². The lowest BCUT2D eigenvalue weighted by Crippen LogP contribution is -2.63. The summed E-state index contributed by atoms with van der Waals surface area (Å²) in [6, 6.07) is 0.242. The molecule has 10 heteroatoms. The van der Waals surface area contributed by atoms with Crippen LogP contribution >= 0.6 is 0 Å².